The second-order valence-corrected chi connectivity index (χ2v) is 5.98. The standard InChI is InChI=1S/C17H20ClN3/c1-14-12-21(16-5-3-2-4-6-16)10-9-20(14)13-15-7-8-17(18)19-11-15/h2-8,11,14H,9-10,12-13H2,1H3/t14-/m1/s1. The van der Waals surface area contributed by atoms with E-state index in [0.717, 1.165) is 26.2 Å². The number of aromatic nitrogens is 1. The van der Waals surface area contributed by atoms with E-state index in [9.17, 15) is 0 Å². The normalized spacial score (nSPS) is 19.7. The lowest BCUT2D eigenvalue weighted by molar-refractivity contribution is 0.181. The van der Waals surface area contributed by atoms with Gasteiger partial charge in [0.15, 0.2) is 0 Å². The van der Waals surface area contributed by atoms with Crippen molar-refractivity contribution < 1.29 is 0 Å². The van der Waals surface area contributed by atoms with Crippen LogP contribution in [0.4, 0.5) is 5.69 Å². The van der Waals surface area contributed by atoms with Crippen molar-refractivity contribution >= 4 is 17.3 Å². The molecule has 2 aromatic rings. The van der Waals surface area contributed by atoms with Crippen LogP contribution in [0.1, 0.15) is 12.5 Å². The van der Waals surface area contributed by atoms with Gasteiger partial charge in [0.1, 0.15) is 5.15 Å². The molecule has 1 aromatic carbocycles. The van der Waals surface area contributed by atoms with E-state index in [1.54, 1.807) is 0 Å². The molecule has 0 bridgehead atoms. The third-order valence-electron chi connectivity index (χ3n) is 4.06. The fourth-order valence-electron chi connectivity index (χ4n) is 2.84. The first-order valence-corrected chi connectivity index (χ1v) is 7.74. The van der Waals surface area contributed by atoms with Crippen LogP contribution < -0.4 is 4.90 Å². The lowest BCUT2D eigenvalue weighted by Gasteiger charge is -2.41. The van der Waals surface area contributed by atoms with Gasteiger partial charge in [-0.25, -0.2) is 4.98 Å². The molecule has 1 atom stereocenters. The Bertz CT molecular complexity index is 570. The van der Waals surface area contributed by atoms with Gasteiger partial charge in [-0.3, -0.25) is 4.90 Å². The third-order valence-corrected chi connectivity index (χ3v) is 4.28. The van der Waals surface area contributed by atoms with E-state index in [4.69, 9.17) is 11.6 Å². The van der Waals surface area contributed by atoms with Crippen molar-refractivity contribution in [3.63, 3.8) is 0 Å². The highest BCUT2D eigenvalue weighted by molar-refractivity contribution is 6.29. The van der Waals surface area contributed by atoms with E-state index in [1.165, 1.54) is 11.3 Å². The van der Waals surface area contributed by atoms with Crippen molar-refractivity contribution in [3.8, 4) is 0 Å². The van der Waals surface area contributed by atoms with Crippen LogP contribution in [0.5, 0.6) is 0 Å². The summed E-state index contributed by atoms with van der Waals surface area (Å²) < 4.78 is 0. The summed E-state index contributed by atoms with van der Waals surface area (Å²) >= 11 is 5.84. The second-order valence-electron chi connectivity index (χ2n) is 5.59. The van der Waals surface area contributed by atoms with Crippen LogP contribution in [-0.2, 0) is 6.54 Å². The molecule has 3 nitrogen and oxygen atoms in total. The predicted molar refractivity (Wildman–Crippen MR) is 87.8 cm³/mol. The molecule has 2 heterocycles. The molecule has 0 N–H and O–H groups in total. The highest BCUT2D eigenvalue weighted by Crippen LogP contribution is 2.20. The molecule has 0 spiro atoms. The van der Waals surface area contributed by atoms with Gasteiger partial charge in [0, 0.05) is 44.1 Å². The van der Waals surface area contributed by atoms with Crippen LogP contribution in [-0.4, -0.2) is 35.6 Å². The lowest BCUT2D eigenvalue weighted by Crippen LogP contribution is -2.51. The molecule has 1 aromatic heterocycles. The zero-order valence-corrected chi connectivity index (χ0v) is 13.0. The predicted octanol–water partition coefficient (Wildman–Crippen LogP) is 3.45. The topological polar surface area (TPSA) is 19.4 Å². The average Bonchev–Trinajstić information content (AvgIpc) is 2.52. The van der Waals surface area contributed by atoms with Crippen molar-refractivity contribution in [3.05, 3.63) is 59.4 Å². The Morgan fingerprint density at radius 2 is 1.95 bits per heavy atom. The van der Waals surface area contributed by atoms with Crippen LogP contribution in [0.25, 0.3) is 0 Å². The van der Waals surface area contributed by atoms with Crippen molar-refractivity contribution in [1.82, 2.24) is 9.88 Å². The molecule has 0 radical (unpaired) electrons. The fourth-order valence-corrected chi connectivity index (χ4v) is 2.95. The molecule has 3 rings (SSSR count). The minimum Gasteiger partial charge on any atom is -0.369 e. The summed E-state index contributed by atoms with van der Waals surface area (Å²) in [7, 11) is 0. The molecule has 0 unspecified atom stereocenters. The largest absolute Gasteiger partial charge is 0.369 e. The maximum atomic E-state index is 5.84. The summed E-state index contributed by atoms with van der Waals surface area (Å²) in [4.78, 5) is 9.12. The van der Waals surface area contributed by atoms with Gasteiger partial charge in [0.25, 0.3) is 0 Å². The van der Waals surface area contributed by atoms with Gasteiger partial charge in [-0.1, -0.05) is 35.9 Å². The first-order chi connectivity index (χ1) is 10.2. The quantitative estimate of drug-likeness (QED) is 0.810. The van der Waals surface area contributed by atoms with Crippen LogP contribution in [0.3, 0.4) is 0 Å². The number of piperazine rings is 1. The Balaban J connectivity index is 1.62. The van der Waals surface area contributed by atoms with Gasteiger partial charge in [-0.2, -0.15) is 0 Å². The summed E-state index contributed by atoms with van der Waals surface area (Å²) in [6, 6.07) is 15.1. The molecule has 1 fully saturated rings. The molecule has 21 heavy (non-hydrogen) atoms. The fraction of sp³-hybridized carbons (Fsp3) is 0.353. The summed E-state index contributed by atoms with van der Waals surface area (Å²) in [5, 5.41) is 0.556. The molecule has 1 saturated heterocycles. The first kappa shape index (κ1) is 14.4. The van der Waals surface area contributed by atoms with Gasteiger partial charge < -0.3 is 4.90 Å². The first-order valence-electron chi connectivity index (χ1n) is 7.37. The van der Waals surface area contributed by atoms with Crippen molar-refractivity contribution in [1.29, 1.82) is 0 Å². The number of hydrogen-bond donors (Lipinski definition) is 0. The number of anilines is 1. The Hall–Kier alpha value is -1.58. The van der Waals surface area contributed by atoms with Crippen molar-refractivity contribution in [2.75, 3.05) is 24.5 Å². The zero-order valence-electron chi connectivity index (χ0n) is 12.2. The summed E-state index contributed by atoms with van der Waals surface area (Å²) in [5.74, 6) is 0. The summed E-state index contributed by atoms with van der Waals surface area (Å²) in [6.45, 7) is 6.42. The SMILES string of the molecule is C[C@@H]1CN(c2ccccc2)CCN1Cc1ccc(Cl)nc1. The molecular weight excluding hydrogens is 282 g/mol. The van der Waals surface area contributed by atoms with Crippen LogP contribution in [0.2, 0.25) is 5.15 Å². The van der Waals surface area contributed by atoms with E-state index >= 15 is 0 Å². The molecule has 4 heteroatoms. The number of nitrogens with zero attached hydrogens (tertiary/aromatic N) is 3. The number of rotatable bonds is 3. The minimum absolute atomic E-state index is 0.523. The van der Waals surface area contributed by atoms with Gasteiger partial charge in [-0.05, 0) is 30.7 Å². The number of halogens is 1. The van der Waals surface area contributed by atoms with Crippen molar-refractivity contribution in [2.45, 2.75) is 19.5 Å². The maximum absolute atomic E-state index is 5.84. The molecule has 1 aliphatic rings. The summed E-state index contributed by atoms with van der Waals surface area (Å²) in [6.07, 6.45) is 1.87. The van der Waals surface area contributed by atoms with E-state index in [2.05, 4.69) is 58.1 Å². The second kappa shape index (κ2) is 6.46. The average molecular weight is 302 g/mol. The Morgan fingerprint density at radius 1 is 1.14 bits per heavy atom. The highest BCUT2D eigenvalue weighted by atomic mass is 35.5. The number of hydrogen-bond acceptors (Lipinski definition) is 3. The smallest absolute Gasteiger partial charge is 0.129 e. The molecule has 0 aliphatic carbocycles. The Morgan fingerprint density at radius 3 is 2.62 bits per heavy atom. The van der Waals surface area contributed by atoms with Crippen molar-refractivity contribution in [2.24, 2.45) is 0 Å². The highest BCUT2D eigenvalue weighted by Gasteiger charge is 2.23. The van der Waals surface area contributed by atoms with E-state index in [0.29, 0.717) is 11.2 Å². The van der Waals surface area contributed by atoms with Gasteiger partial charge in [0.05, 0.1) is 0 Å². The monoisotopic (exact) mass is 301 g/mol. The molecule has 1 aliphatic heterocycles. The maximum Gasteiger partial charge on any atom is 0.129 e. The van der Waals surface area contributed by atoms with E-state index in [1.807, 2.05) is 12.3 Å². The van der Waals surface area contributed by atoms with Crippen LogP contribution >= 0.6 is 11.6 Å². The number of para-hydroxylation sites is 1. The van der Waals surface area contributed by atoms with Crippen LogP contribution in [0.15, 0.2) is 48.7 Å². The summed E-state index contributed by atoms with van der Waals surface area (Å²) in [5.41, 5.74) is 2.54. The Labute approximate surface area is 131 Å². The minimum atomic E-state index is 0.523. The number of benzene rings is 1. The molecular formula is C17H20ClN3. The van der Waals surface area contributed by atoms with Gasteiger partial charge >= 0.3 is 0 Å². The number of pyridine rings is 1. The molecule has 0 saturated carbocycles. The molecule has 0 amide bonds. The van der Waals surface area contributed by atoms with E-state index < -0.39 is 0 Å². The van der Waals surface area contributed by atoms with Crippen LogP contribution in [0, 0.1) is 0 Å². The van der Waals surface area contributed by atoms with Gasteiger partial charge in [0.2, 0.25) is 0 Å². The van der Waals surface area contributed by atoms with E-state index in [-0.39, 0.29) is 0 Å². The van der Waals surface area contributed by atoms with Gasteiger partial charge in [-0.15, -0.1) is 0 Å². The molecule has 110 valence electrons. The third kappa shape index (κ3) is 3.55. The zero-order chi connectivity index (χ0) is 14.7. The Kier molecular flexibility index (Phi) is 4.42. The lowest BCUT2D eigenvalue weighted by atomic mass is 10.1.